The van der Waals surface area contributed by atoms with Gasteiger partial charge >= 0.3 is 6.18 Å². The fraction of sp³-hybridized carbons (Fsp3) is 0.500. The number of pyridine rings is 1. The normalized spacial score (nSPS) is 19.2. The average molecular weight is 452 g/mol. The van der Waals surface area contributed by atoms with Crippen LogP contribution in [0.15, 0.2) is 46.7 Å². The summed E-state index contributed by atoms with van der Waals surface area (Å²) in [7, 11) is 0. The molecule has 0 saturated heterocycles. The van der Waals surface area contributed by atoms with Gasteiger partial charge in [0.15, 0.2) is 0 Å². The van der Waals surface area contributed by atoms with Crippen LogP contribution in [-0.2, 0) is 6.18 Å². The molecule has 1 unspecified atom stereocenters. The standard InChI is InChI=1S/C22H27F3N4O3/c1-20(2,31)8-9-29-12-13-10-17(14(21(3,4)32)11-16(13)28-29)27-19(30)15-6-5-7-18(26-15)22(23,24)25/h5-7,10-11,13,31-32H,8-9,12H2,1-4H3,(H,27,30). The summed E-state index contributed by atoms with van der Waals surface area (Å²) in [5, 5.41) is 29.5. The molecule has 0 fully saturated rings. The van der Waals surface area contributed by atoms with Crippen molar-refractivity contribution in [3.05, 3.63) is 53.0 Å². The largest absolute Gasteiger partial charge is 0.433 e. The molecule has 1 aromatic rings. The number of alkyl halides is 3. The van der Waals surface area contributed by atoms with Crippen molar-refractivity contribution in [1.29, 1.82) is 0 Å². The molecule has 32 heavy (non-hydrogen) atoms. The van der Waals surface area contributed by atoms with Crippen molar-refractivity contribution in [2.45, 2.75) is 51.5 Å². The molecule has 2 heterocycles. The Morgan fingerprint density at radius 2 is 1.91 bits per heavy atom. The number of rotatable bonds is 6. The lowest BCUT2D eigenvalue weighted by Gasteiger charge is -2.28. The van der Waals surface area contributed by atoms with Crippen LogP contribution in [0.5, 0.6) is 0 Å². The average Bonchev–Trinajstić information content (AvgIpc) is 3.06. The monoisotopic (exact) mass is 452 g/mol. The van der Waals surface area contributed by atoms with Gasteiger partial charge in [-0.25, -0.2) is 4.98 Å². The number of amides is 1. The van der Waals surface area contributed by atoms with E-state index in [1.807, 2.05) is 5.01 Å². The maximum atomic E-state index is 12.9. The predicted octanol–water partition coefficient (Wildman–Crippen LogP) is 2.87. The fourth-order valence-corrected chi connectivity index (χ4v) is 3.45. The molecule has 0 spiro atoms. The van der Waals surface area contributed by atoms with Gasteiger partial charge < -0.3 is 15.5 Å². The van der Waals surface area contributed by atoms with Crippen LogP contribution in [0.2, 0.25) is 0 Å². The summed E-state index contributed by atoms with van der Waals surface area (Å²) in [6.07, 6.45) is -0.737. The highest BCUT2D eigenvalue weighted by molar-refractivity contribution is 6.03. The lowest BCUT2D eigenvalue weighted by Crippen LogP contribution is -2.36. The lowest BCUT2D eigenvalue weighted by atomic mass is 9.85. The van der Waals surface area contributed by atoms with Crippen molar-refractivity contribution in [1.82, 2.24) is 15.3 Å². The van der Waals surface area contributed by atoms with E-state index < -0.39 is 29.0 Å². The number of allylic oxidation sites excluding steroid dienone is 1. The van der Waals surface area contributed by atoms with Gasteiger partial charge in [-0.2, -0.15) is 18.3 Å². The summed E-state index contributed by atoms with van der Waals surface area (Å²) in [6, 6.07) is 3.11. The van der Waals surface area contributed by atoms with Gasteiger partial charge in [0, 0.05) is 30.3 Å². The molecule has 1 aliphatic carbocycles. The van der Waals surface area contributed by atoms with Crippen molar-refractivity contribution >= 4 is 11.6 Å². The number of hydrogen-bond acceptors (Lipinski definition) is 6. The van der Waals surface area contributed by atoms with Gasteiger partial charge in [-0.3, -0.25) is 9.80 Å². The molecule has 0 aromatic carbocycles. The Kier molecular flexibility index (Phi) is 6.23. The maximum absolute atomic E-state index is 12.9. The number of fused-ring (bicyclic) bond motifs is 1. The maximum Gasteiger partial charge on any atom is 0.433 e. The zero-order chi connectivity index (χ0) is 23.9. The molecule has 3 rings (SSSR count). The summed E-state index contributed by atoms with van der Waals surface area (Å²) in [6.45, 7) is 7.56. The van der Waals surface area contributed by atoms with E-state index in [-0.39, 0.29) is 11.6 Å². The number of carbonyl (C=O) groups excluding carboxylic acids is 1. The van der Waals surface area contributed by atoms with E-state index in [1.165, 1.54) is 6.07 Å². The van der Waals surface area contributed by atoms with E-state index in [0.29, 0.717) is 36.5 Å². The minimum atomic E-state index is -4.67. The number of hydrazone groups is 1. The summed E-state index contributed by atoms with van der Waals surface area (Å²) < 4.78 is 38.8. The molecule has 2 aliphatic rings. The molecule has 0 bridgehead atoms. The Morgan fingerprint density at radius 1 is 1.22 bits per heavy atom. The zero-order valence-corrected chi connectivity index (χ0v) is 18.4. The Morgan fingerprint density at radius 3 is 2.50 bits per heavy atom. The van der Waals surface area contributed by atoms with Crippen LogP contribution in [-0.4, -0.2) is 56.1 Å². The Hall–Kier alpha value is -2.72. The number of carbonyl (C=O) groups is 1. The van der Waals surface area contributed by atoms with E-state index in [4.69, 9.17) is 0 Å². The van der Waals surface area contributed by atoms with E-state index in [0.717, 1.165) is 12.1 Å². The molecule has 10 heteroatoms. The topological polar surface area (TPSA) is 98.1 Å². The Balaban J connectivity index is 1.83. The van der Waals surface area contributed by atoms with Crippen LogP contribution in [0.3, 0.4) is 0 Å². The van der Waals surface area contributed by atoms with Crippen LogP contribution in [0, 0.1) is 5.92 Å². The molecule has 7 nitrogen and oxygen atoms in total. The molecule has 1 amide bonds. The quantitative estimate of drug-likeness (QED) is 0.617. The number of nitrogens with zero attached hydrogens (tertiary/aromatic N) is 3. The SMILES string of the molecule is CC(C)(O)CCN1CC2C=C(NC(=O)c3cccc(C(F)(F)F)n3)C(C(C)(C)O)=CC2=N1. The Bertz CT molecular complexity index is 985. The van der Waals surface area contributed by atoms with Crippen LogP contribution < -0.4 is 5.32 Å². The predicted molar refractivity (Wildman–Crippen MR) is 113 cm³/mol. The molecule has 3 N–H and O–H groups in total. The van der Waals surface area contributed by atoms with Gasteiger partial charge in [-0.1, -0.05) is 6.07 Å². The molecule has 1 atom stereocenters. The number of nitrogens with one attached hydrogen (secondary N) is 1. The number of hydrogen-bond donors (Lipinski definition) is 3. The first-order valence-corrected chi connectivity index (χ1v) is 10.2. The minimum Gasteiger partial charge on any atom is -0.390 e. The smallest absolute Gasteiger partial charge is 0.390 e. The molecule has 0 radical (unpaired) electrons. The first kappa shape index (κ1) is 23.9. The fourth-order valence-electron chi connectivity index (χ4n) is 3.45. The van der Waals surface area contributed by atoms with E-state index in [2.05, 4.69) is 15.4 Å². The molecule has 1 aliphatic heterocycles. The molecule has 1 aromatic heterocycles. The summed E-state index contributed by atoms with van der Waals surface area (Å²) >= 11 is 0. The number of aromatic nitrogens is 1. The van der Waals surface area contributed by atoms with Gasteiger partial charge in [-0.15, -0.1) is 0 Å². The molecule has 174 valence electrons. The van der Waals surface area contributed by atoms with Gasteiger partial charge in [0.05, 0.1) is 16.9 Å². The van der Waals surface area contributed by atoms with Crippen molar-refractivity contribution in [3.8, 4) is 0 Å². The summed E-state index contributed by atoms with van der Waals surface area (Å²) in [4.78, 5) is 16.1. The second-order valence-electron chi connectivity index (χ2n) is 9.16. The van der Waals surface area contributed by atoms with Crippen LogP contribution in [0.25, 0.3) is 0 Å². The van der Waals surface area contributed by atoms with Gasteiger partial charge in [-0.05, 0) is 58.4 Å². The van der Waals surface area contributed by atoms with Crippen molar-refractivity contribution < 1.29 is 28.2 Å². The molecular formula is C22H27F3N4O3. The summed E-state index contributed by atoms with van der Waals surface area (Å²) in [5.41, 5.74) is -2.33. The highest BCUT2D eigenvalue weighted by Crippen LogP contribution is 2.32. The van der Waals surface area contributed by atoms with E-state index >= 15 is 0 Å². The minimum absolute atomic E-state index is 0.173. The van der Waals surface area contributed by atoms with Gasteiger partial charge in [0.25, 0.3) is 5.91 Å². The Labute approximate surface area is 184 Å². The van der Waals surface area contributed by atoms with Crippen molar-refractivity contribution in [2.24, 2.45) is 11.0 Å². The first-order chi connectivity index (χ1) is 14.6. The van der Waals surface area contributed by atoms with E-state index in [9.17, 15) is 28.2 Å². The van der Waals surface area contributed by atoms with E-state index in [1.54, 1.807) is 39.8 Å². The third-order valence-corrected chi connectivity index (χ3v) is 5.16. The highest BCUT2D eigenvalue weighted by atomic mass is 19.4. The van der Waals surface area contributed by atoms with Gasteiger partial charge in [0.2, 0.25) is 0 Å². The van der Waals surface area contributed by atoms with Crippen LogP contribution >= 0.6 is 0 Å². The zero-order valence-electron chi connectivity index (χ0n) is 18.4. The van der Waals surface area contributed by atoms with Crippen LogP contribution in [0.1, 0.15) is 50.3 Å². The molecule has 0 saturated carbocycles. The highest BCUT2D eigenvalue weighted by Gasteiger charge is 2.35. The number of aliphatic hydroxyl groups is 2. The van der Waals surface area contributed by atoms with Crippen LogP contribution in [0.4, 0.5) is 13.2 Å². The van der Waals surface area contributed by atoms with Gasteiger partial charge in [0.1, 0.15) is 11.4 Å². The third-order valence-electron chi connectivity index (χ3n) is 5.16. The lowest BCUT2D eigenvalue weighted by molar-refractivity contribution is -0.141. The van der Waals surface area contributed by atoms with Crippen molar-refractivity contribution in [2.75, 3.05) is 13.1 Å². The second kappa shape index (κ2) is 8.32. The second-order valence-corrected chi connectivity index (χ2v) is 9.16. The van der Waals surface area contributed by atoms with Crippen molar-refractivity contribution in [3.63, 3.8) is 0 Å². The molecular weight excluding hydrogens is 425 g/mol. The third kappa shape index (κ3) is 5.74. The number of halogens is 3. The summed E-state index contributed by atoms with van der Waals surface area (Å²) in [5.74, 6) is -0.984. The first-order valence-electron chi connectivity index (χ1n) is 10.2.